The molecule has 23 heteroatoms. The first-order valence-electron chi connectivity index (χ1n) is 27.3. The van der Waals surface area contributed by atoms with Crippen LogP contribution in [0.25, 0.3) is 27.9 Å². The summed E-state index contributed by atoms with van der Waals surface area (Å²) in [6, 6.07) is 21.4. The Morgan fingerprint density at radius 3 is 1.02 bits per heavy atom. The van der Waals surface area contributed by atoms with Crippen LogP contribution < -0.4 is 14.7 Å². The quantitative estimate of drug-likeness (QED) is 0.0173. The molecule has 1 atom stereocenters. The molecule has 0 aliphatic rings. The summed E-state index contributed by atoms with van der Waals surface area (Å²) in [6.07, 6.45) is 10.8. The van der Waals surface area contributed by atoms with E-state index >= 15 is 0 Å². The highest BCUT2D eigenvalue weighted by Crippen LogP contribution is 2.25. The Hall–Kier alpha value is -11.4. The van der Waals surface area contributed by atoms with Crippen molar-refractivity contribution in [2.45, 2.75) is 19.8 Å². The number of hydrogen-bond donors (Lipinski definition) is 0. The molecule has 0 aromatic heterocycles. The Kier molecular flexibility index (Phi) is 31.7. The van der Waals surface area contributed by atoms with Crippen molar-refractivity contribution in [3.05, 3.63) is 205 Å². The Bertz CT molecular complexity index is 2870. The minimum atomic E-state index is -1.60. The van der Waals surface area contributed by atoms with Crippen LogP contribution in [0, 0.1) is 29.9 Å². The first-order valence-corrected chi connectivity index (χ1v) is 27.3. The Morgan fingerprint density at radius 1 is 0.449 bits per heavy atom. The summed E-state index contributed by atoms with van der Waals surface area (Å²) in [7, 11) is 0. The van der Waals surface area contributed by atoms with Gasteiger partial charge in [0.2, 0.25) is 0 Å². The van der Waals surface area contributed by atoms with Crippen LogP contribution in [0.3, 0.4) is 0 Å². The number of allylic oxidation sites excluding steroid dienone is 1. The second kappa shape index (κ2) is 39.3. The van der Waals surface area contributed by atoms with E-state index in [1.165, 1.54) is 31.2 Å². The van der Waals surface area contributed by atoms with Crippen LogP contribution in [-0.2, 0) is 81.0 Å². The molecule has 0 saturated carbocycles. The maximum Gasteiger partial charge on any atom is 0.348 e. The summed E-state index contributed by atoms with van der Waals surface area (Å²) < 4.78 is 42.5. The minimum Gasteiger partial charge on any atom is -0.470 e. The van der Waals surface area contributed by atoms with Crippen LogP contribution in [-0.4, -0.2) is 146 Å². The fourth-order valence-corrected chi connectivity index (χ4v) is 7.54. The average molecular weight is 1220 g/mol. The van der Waals surface area contributed by atoms with Gasteiger partial charge in [-0.25, -0.2) is 38.5 Å². The standard InChI is InChI=1S/C66H68N6O17/c1-10-55(73)17-16-30-70(31-36-82-58(74)11-2)52-26-20-49(21-27-52)42-56(68-8)64(80)88-46-66(7,45-87-63(79)51(44-67)41-48-18-24-53(25-19-48)71(32-37-83-59(75)12-3)33-38-84-60(76)13-4)47-89-65(81)57(69-9)43-50-22-28-54(29-23-50)72(34-39-85-61(77)14-5)35-40-86-62(78)15-6/h10-15,18-29,41-43H,1-6,16-17,30-40,45-47H2,7H3/b51-41+,56-42-,57-43-. The molecule has 0 heterocycles. The van der Waals surface area contributed by atoms with Crippen molar-refractivity contribution >= 4 is 88.8 Å². The number of rotatable bonds is 40. The first-order chi connectivity index (χ1) is 42.8. The van der Waals surface area contributed by atoms with Gasteiger partial charge >= 0.3 is 47.8 Å². The summed E-state index contributed by atoms with van der Waals surface area (Å²) in [5.74, 6) is -6.64. The van der Waals surface area contributed by atoms with Crippen LogP contribution in [0.15, 0.2) is 166 Å². The van der Waals surface area contributed by atoms with Crippen molar-refractivity contribution in [2.24, 2.45) is 5.41 Å². The van der Waals surface area contributed by atoms with E-state index in [0.717, 1.165) is 30.4 Å². The second-order valence-corrected chi connectivity index (χ2v) is 18.9. The van der Waals surface area contributed by atoms with Gasteiger partial charge in [0.15, 0.2) is 5.78 Å². The normalized spacial score (nSPS) is 11.5. The molecule has 0 bridgehead atoms. The molecule has 0 amide bonds. The topological polar surface area (TPSA) is 270 Å². The third-order valence-electron chi connectivity index (χ3n) is 12.3. The highest BCUT2D eigenvalue weighted by molar-refractivity contribution is 5.98. The van der Waals surface area contributed by atoms with Crippen molar-refractivity contribution in [1.82, 2.24) is 0 Å². The zero-order valence-electron chi connectivity index (χ0n) is 49.3. The summed E-state index contributed by atoms with van der Waals surface area (Å²) in [5, 5.41) is 10.1. The summed E-state index contributed by atoms with van der Waals surface area (Å²) in [5.41, 5.74) is 0.0128. The Balaban J connectivity index is 1.93. The molecule has 0 spiro atoms. The number of benzene rings is 3. The zero-order valence-corrected chi connectivity index (χ0v) is 49.3. The van der Waals surface area contributed by atoms with E-state index in [0.29, 0.717) is 46.7 Å². The van der Waals surface area contributed by atoms with Gasteiger partial charge in [-0.15, -0.1) is 0 Å². The molecule has 0 radical (unpaired) electrons. The molecule has 0 N–H and O–H groups in total. The van der Waals surface area contributed by atoms with Crippen molar-refractivity contribution in [3.8, 4) is 6.07 Å². The van der Waals surface area contributed by atoms with E-state index in [1.807, 2.05) is 11.0 Å². The van der Waals surface area contributed by atoms with Crippen molar-refractivity contribution < 1.29 is 81.0 Å². The summed E-state index contributed by atoms with van der Waals surface area (Å²) in [4.78, 5) is 124. The Morgan fingerprint density at radius 2 is 0.742 bits per heavy atom. The van der Waals surface area contributed by atoms with Gasteiger partial charge in [0.05, 0.1) is 51.3 Å². The molecule has 3 rings (SSSR count). The zero-order chi connectivity index (χ0) is 65.6. The molecule has 3 aromatic carbocycles. The van der Waals surface area contributed by atoms with Crippen molar-refractivity contribution in [2.75, 3.05) is 107 Å². The summed E-state index contributed by atoms with van der Waals surface area (Å²) in [6.45, 7) is 37.0. The lowest BCUT2D eigenvalue weighted by Gasteiger charge is -2.28. The highest BCUT2D eigenvalue weighted by Gasteiger charge is 2.33. The highest BCUT2D eigenvalue weighted by atomic mass is 16.6. The number of carbonyl (C=O) groups is 9. The number of hydrogen-bond acceptors (Lipinski definition) is 21. The number of ether oxygens (including phenoxy) is 8. The SMILES string of the molecule is [C-]#[N+]/C(=C\c1ccc(N(CCCC(=O)C=C)CCOC(=O)C=C)cc1)C(=O)OCC(C)(COC(=O)/C(=C/c1ccc(N(CCOC(=O)C=C)CCOC(=O)C=C)cc1)[N+]#[C-])COC(=O)/C(C#N)=C/c1ccc(N(CCOC(=O)C=C)CCOC(=O)C=C)cc1. The van der Waals surface area contributed by atoms with Crippen LogP contribution >= 0.6 is 0 Å². The van der Waals surface area contributed by atoms with Gasteiger partial charge in [-0.05, 0) is 90.7 Å². The Labute approximate surface area is 516 Å². The maximum atomic E-state index is 13.7. The molecule has 0 fully saturated rings. The van der Waals surface area contributed by atoms with Gasteiger partial charge in [-0.3, -0.25) is 14.4 Å². The monoisotopic (exact) mass is 1220 g/mol. The lowest BCUT2D eigenvalue weighted by molar-refractivity contribution is -0.155. The average Bonchev–Trinajstić information content (AvgIpc) is 3.45. The maximum absolute atomic E-state index is 13.7. The molecule has 0 saturated heterocycles. The van der Waals surface area contributed by atoms with E-state index in [4.69, 9.17) is 51.0 Å². The van der Waals surface area contributed by atoms with Gasteiger partial charge < -0.3 is 52.6 Å². The van der Waals surface area contributed by atoms with E-state index in [9.17, 15) is 48.4 Å². The van der Waals surface area contributed by atoms with Gasteiger partial charge in [-0.2, -0.15) is 5.26 Å². The number of nitrogens with zero attached hydrogens (tertiary/aromatic N) is 6. The number of nitriles is 1. The molecule has 1 unspecified atom stereocenters. The first kappa shape index (κ1) is 71.9. The van der Waals surface area contributed by atoms with Gasteiger partial charge in [0, 0.05) is 60.4 Å². The van der Waals surface area contributed by atoms with E-state index in [2.05, 4.69) is 49.2 Å². The molecule has 464 valence electrons. The third kappa shape index (κ3) is 26.6. The second-order valence-electron chi connectivity index (χ2n) is 18.9. The van der Waals surface area contributed by atoms with Crippen LogP contribution in [0.1, 0.15) is 36.5 Å². The molecule has 23 nitrogen and oxygen atoms in total. The third-order valence-corrected chi connectivity index (χ3v) is 12.3. The van der Waals surface area contributed by atoms with Crippen LogP contribution in [0.4, 0.5) is 17.1 Å². The lowest BCUT2D eigenvalue weighted by Crippen LogP contribution is -2.37. The summed E-state index contributed by atoms with van der Waals surface area (Å²) >= 11 is 0. The van der Waals surface area contributed by atoms with Crippen molar-refractivity contribution in [3.63, 3.8) is 0 Å². The largest absolute Gasteiger partial charge is 0.470 e. The van der Waals surface area contributed by atoms with Gasteiger partial charge in [0.1, 0.15) is 64.5 Å². The molecule has 89 heavy (non-hydrogen) atoms. The number of esters is 8. The fraction of sp³-hybridized carbons (Fsp3) is 0.273. The predicted octanol–water partition coefficient (Wildman–Crippen LogP) is 7.75. The molecular formula is C66H68N6O17. The van der Waals surface area contributed by atoms with E-state index in [1.54, 1.807) is 82.6 Å². The molecule has 0 aliphatic carbocycles. The van der Waals surface area contributed by atoms with E-state index < -0.39 is 90.0 Å². The molecular weight excluding hydrogens is 1150 g/mol. The molecule has 3 aromatic rings. The van der Waals surface area contributed by atoms with Crippen LogP contribution in [0.5, 0.6) is 0 Å². The number of carbonyl (C=O) groups excluding carboxylic acids is 9. The minimum absolute atomic E-state index is 0.0204. The fourth-order valence-electron chi connectivity index (χ4n) is 7.54. The van der Waals surface area contributed by atoms with E-state index in [-0.39, 0.29) is 78.0 Å². The predicted molar refractivity (Wildman–Crippen MR) is 330 cm³/mol. The molecule has 0 aliphatic heterocycles. The van der Waals surface area contributed by atoms with Gasteiger partial charge in [-0.1, -0.05) is 75.9 Å². The van der Waals surface area contributed by atoms with Crippen LogP contribution in [0.2, 0.25) is 0 Å². The number of ketones is 1. The number of anilines is 3. The van der Waals surface area contributed by atoms with Gasteiger partial charge in [0.25, 0.3) is 11.4 Å². The smallest absolute Gasteiger partial charge is 0.348 e. The lowest BCUT2D eigenvalue weighted by atomic mass is 9.94. The van der Waals surface area contributed by atoms with Crippen molar-refractivity contribution in [1.29, 1.82) is 5.26 Å².